The van der Waals surface area contributed by atoms with Crippen LogP contribution in [-0.4, -0.2) is 46.0 Å². The number of ether oxygens (including phenoxy) is 1. The van der Waals surface area contributed by atoms with E-state index in [1.807, 2.05) is 30.5 Å². The Hall–Kier alpha value is -3.15. The van der Waals surface area contributed by atoms with Gasteiger partial charge in [0.05, 0.1) is 6.61 Å². The van der Waals surface area contributed by atoms with Crippen LogP contribution < -0.4 is 9.88 Å². The maximum Gasteiger partial charge on any atom is 0.333 e. The summed E-state index contributed by atoms with van der Waals surface area (Å²) in [6.45, 7) is 0.0557. The number of nitrogens with two attached hydrogens (primary N) is 1. The van der Waals surface area contributed by atoms with E-state index in [9.17, 15) is 8.42 Å². The van der Waals surface area contributed by atoms with Gasteiger partial charge < -0.3 is 9.72 Å². The number of nitrogens with zero attached hydrogens (tertiary/aromatic N) is 4. The molecule has 1 aliphatic rings. The van der Waals surface area contributed by atoms with Crippen molar-refractivity contribution in [1.29, 1.82) is 0 Å². The molecule has 0 radical (unpaired) electrons. The van der Waals surface area contributed by atoms with Crippen LogP contribution in [-0.2, 0) is 14.5 Å². The molecule has 31 heavy (non-hydrogen) atoms. The fraction of sp³-hybridized carbons (Fsp3) is 0.300. The van der Waals surface area contributed by atoms with E-state index in [0.717, 1.165) is 29.2 Å². The van der Waals surface area contributed by atoms with Crippen LogP contribution in [0.3, 0.4) is 0 Å². The normalized spacial score (nSPS) is 19.3. The van der Waals surface area contributed by atoms with E-state index >= 15 is 0 Å². The van der Waals surface area contributed by atoms with Gasteiger partial charge in [-0.15, -0.1) is 0 Å². The number of pyridine rings is 1. The Kier molecular flexibility index (Phi) is 5.00. The lowest BCUT2D eigenvalue weighted by atomic mass is 10.1. The molecule has 3 N–H and O–H groups in total. The van der Waals surface area contributed by atoms with Crippen LogP contribution in [0.4, 0.5) is 0 Å². The average Bonchev–Trinajstić information content (AvgIpc) is 3.39. The smallest absolute Gasteiger partial charge is 0.333 e. The van der Waals surface area contributed by atoms with Gasteiger partial charge in [0.2, 0.25) is 5.88 Å². The number of hydrogen-bond acceptors (Lipinski definition) is 8. The quantitative estimate of drug-likeness (QED) is 0.464. The van der Waals surface area contributed by atoms with E-state index in [0.29, 0.717) is 29.3 Å². The van der Waals surface area contributed by atoms with Crippen molar-refractivity contribution in [2.24, 2.45) is 11.1 Å². The highest BCUT2D eigenvalue weighted by Crippen LogP contribution is 2.32. The number of rotatable bonds is 6. The van der Waals surface area contributed by atoms with Gasteiger partial charge in [-0.05, 0) is 30.6 Å². The zero-order chi connectivity index (χ0) is 21.4. The summed E-state index contributed by atoms with van der Waals surface area (Å²) >= 11 is 0. The molecule has 0 spiro atoms. The van der Waals surface area contributed by atoms with E-state index in [1.54, 1.807) is 6.20 Å². The predicted octanol–water partition coefficient (Wildman–Crippen LogP) is 2.34. The molecule has 3 heterocycles. The van der Waals surface area contributed by atoms with Gasteiger partial charge in [0.15, 0.2) is 5.65 Å². The summed E-state index contributed by atoms with van der Waals surface area (Å²) in [7, 11) is -3.94. The second-order valence-corrected chi connectivity index (χ2v) is 8.79. The molecule has 0 amide bonds. The monoisotopic (exact) mass is 440 g/mol. The lowest BCUT2D eigenvalue weighted by Gasteiger charge is -2.13. The van der Waals surface area contributed by atoms with Gasteiger partial charge in [0.25, 0.3) is 0 Å². The molecule has 0 bridgehead atoms. The molecule has 3 aromatic heterocycles. The summed E-state index contributed by atoms with van der Waals surface area (Å²) in [6.07, 6.45) is 7.07. The summed E-state index contributed by atoms with van der Waals surface area (Å²) in [4.78, 5) is 20.8. The summed E-state index contributed by atoms with van der Waals surface area (Å²) in [6, 6.07) is 7.95. The largest absolute Gasteiger partial charge is 0.473 e. The number of fused-ring (bicyclic) bond motifs is 2. The first-order valence-electron chi connectivity index (χ1n) is 9.84. The fourth-order valence-corrected chi connectivity index (χ4v) is 4.35. The van der Waals surface area contributed by atoms with Crippen LogP contribution in [0.25, 0.3) is 33.3 Å². The Morgan fingerprint density at radius 2 is 2.03 bits per heavy atom. The first kappa shape index (κ1) is 19.8. The van der Waals surface area contributed by atoms with Crippen LogP contribution >= 0.6 is 0 Å². The number of H-pyrrole nitrogens is 1. The minimum Gasteiger partial charge on any atom is -0.473 e. The van der Waals surface area contributed by atoms with Gasteiger partial charge in [-0.1, -0.05) is 24.3 Å². The predicted molar refractivity (Wildman–Crippen MR) is 113 cm³/mol. The zero-order valence-electron chi connectivity index (χ0n) is 16.4. The highest BCUT2D eigenvalue weighted by atomic mass is 32.2. The molecule has 1 saturated carbocycles. The van der Waals surface area contributed by atoms with Crippen molar-refractivity contribution in [1.82, 2.24) is 24.9 Å². The molecule has 1 aliphatic carbocycles. The van der Waals surface area contributed by atoms with E-state index in [2.05, 4.69) is 24.9 Å². The van der Waals surface area contributed by atoms with Gasteiger partial charge in [-0.2, -0.15) is 13.4 Å². The zero-order valence-corrected chi connectivity index (χ0v) is 17.2. The molecule has 0 saturated heterocycles. The third-order valence-electron chi connectivity index (χ3n) is 5.42. The van der Waals surface area contributed by atoms with Crippen LogP contribution in [0, 0.1) is 5.92 Å². The SMILES string of the molecule is NS(=O)(=O)OC[C@H]1CC[C@H](Oc2ncnc3nc(-c4cncc5ccccc45)[nH]c23)C1. The maximum absolute atomic E-state index is 11.0. The van der Waals surface area contributed by atoms with Gasteiger partial charge in [-0.3, -0.25) is 9.17 Å². The fourth-order valence-electron chi connectivity index (χ4n) is 3.97. The lowest BCUT2D eigenvalue weighted by Crippen LogP contribution is -2.20. The van der Waals surface area contributed by atoms with Crippen molar-refractivity contribution in [3.8, 4) is 17.3 Å². The number of aromatic nitrogens is 5. The Morgan fingerprint density at radius 3 is 2.90 bits per heavy atom. The van der Waals surface area contributed by atoms with Crippen molar-refractivity contribution < 1.29 is 17.3 Å². The Labute approximate surface area is 178 Å². The number of nitrogens with one attached hydrogen (secondary N) is 1. The molecule has 5 rings (SSSR count). The maximum atomic E-state index is 11.0. The molecular weight excluding hydrogens is 420 g/mol. The summed E-state index contributed by atoms with van der Waals surface area (Å²) in [5, 5.41) is 6.95. The minimum atomic E-state index is -3.94. The van der Waals surface area contributed by atoms with Crippen LogP contribution in [0.1, 0.15) is 19.3 Å². The van der Waals surface area contributed by atoms with Crippen LogP contribution in [0.5, 0.6) is 5.88 Å². The third kappa shape index (κ3) is 4.20. The van der Waals surface area contributed by atoms with E-state index in [1.165, 1.54) is 6.33 Å². The van der Waals surface area contributed by atoms with E-state index < -0.39 is 10.3 Å². The number of hydrogen-bond donors (Lipinski definition) is 2. The molecule has 11 heteroatoms. The summed E-state index contributed by atoms with van der Waals surface area (Å²) < 4.78 is 32.8. The van der Waals surface area contributed by atoms with Crippen molar-refractivity contribution in [3.05, 3.63) is 43.0 Å². The summed E-state index contributed by atoms with van der Waals surface area (Å²) in [5.74, 6) is 1.10. The molecular formula is C20H20N6O4S. The molecule has 160 valence electrons. The van der Waals surface area contributed by atoms with Crippen molar-refractivity contribution in [3.63, 3.8) is 0 Å². The Balaban J connectivity index is 1.39. The standard InChI is InChI=1S/C20H20N6O4S/c21-31(27,28)29-10-12-5-6-14(7-12)30-20-17-19(23-11-24-20)26-18(25-17)16-9-22-8-13-3-1-2-4-15(13)16/h1-4,8-9,11-12,14H,5-7,10H2,(H2,21,27,28)(H,23,24,25,26)/t12-,14-/m0/s1. The van der Waals surface area contributed by atoms with E-state index in [-0.39, 0.29) is 18.6 Å². The third-order valence-corrected chi connectivity index (χ3v) is 5.88. The Morgan fingerprint density at radius 1 is 1.16 bits per heavy atom. The summed E-state index contributed by atoms with van der Waals surface area (Å²) in [5.41, 5.74) is 1.97. The number of imidazole rings is 1. The molecule has 0 aliphatic heterocycles. The number of aromatic amines is 1. The minimum absolute atomic E-state index is 0.0553. The molecule has 10 nitrogen and oxygen atoms in total. The topological polar surface area (TPSA) is 146 Å². The van der Waals surface area contributed by atoms with Crippen molar-refractivity contribution >= 4 is 32.2 Å². The highest BCUT2D eigenvalue weighted by Gasteiger charge is 2.28. The Bertz CT molecular complexity index is 1350. The molecule has 1 fully saturated rings. The van der Waals surface area contributed by atoms with Gasteiger partial charge in [0, 0.05) is 23.3 Å². The van der Waals surface area contributed by atoms with Gasteiger partial charge >= 0.3 is 10.3 Å². The highest BCUT2D eigenvalue weighted by molar-refractivity contribution is 7.84. The van der Waals surface area contributed by atoms with Crippen LogP contribution in [0.2, 0.25) is 0 Å². The first-order chi connectivity index (χ1) is 15.0. The molecule has 4 aromatic rings. The van der Waals surface area contributed by atoms with E-state index in [4.69, 9.17) is 14.1 Å². The number of benzene rings is 1. The lowest BCUT2D eigenvalue weighted by molar-refractivity contribution is 0.186. The van der Waals surface area contributed by atoms with Gasteiger partial charge in [0.1, 0.15) is 23.8 Å². The average molecular weight is 440 g/mol. The molecule has 1 aromatic carbocycles. The van der Waals surface area contributed by atoms with Crippen molar-refractivity contribution in [2.45, 2.75) is 25.4 Å². The van der Waals surface area contributed by atoms with Crippen molar-refractivity contribution in [2.75, 3.05) is 6.61 Å². The first-order valence-corrected chi connectivity index (χ1v) is 11.3. The second-order valence-electron chi connectivity index (χ2n) is 7.57. The van der Waals surface area contributed by atoms with Crippen LogP contribution in [0.15, 0.2) is 43.0 Å². The van der Waals surface area contributed by atoms with Gasteiger partial charge in [-0.25, -0.2) is 15.1 Å². The second kappa shape index (κ2) is 7.84. The molecule has 0 unspecified atom stereocenters. The molecule has 2 atom stereocenters.